The highest BCUT2D eigenvalue weighted by Crippen LogP contribution is 2.20. The zero-order valence-corrected chi connectivity index (χ0v) is 15.4. The Morgan fingerprint density at radius 1 is 1.23 bits per heavy atom. The van der Waals surface area contributed by atoms with E-state index in [4.69, 9.17) is 4.74 Å². The molecule has 2 rings (SSSR count). The number of Topliss-reactive ketones (excluding diaryl/α,β-unsaturated/α-hetero) is 1. The molecule has 1 aromatic rings. The Bertz CT molecular complexity index is 755. The van der Waals surface area contributed by atoms with Gasteiger partial charge < -0.3 is 9.84 Å². The molecule has 0 atom stereocenters. The van der Waals surface area contributed by atoms with Gasteiger partial charge in [-0.3, -0.25) is 19.2 Å². The van der Waals surface area contributed by atoms with Gasteiger partial charge in [0.1, 0.15) is 22.8 Å². The fraction of sp³-hybridized carbons (Fsp3) is 0.353. The van der Waals surface area contributed by atoms with E-state index in [1.165, 1.54) is 24.3 Å². The van der Waals surface area contributed by atoms with Gasteiger partial charge in [-0.15, -0.1) is 0 Å². The first-order valence-electron chi connectivity index (χ1n) is 7.73. The maximum absolute atomic E-state index is 12.9. The highest BCUT2D eigenvalue weighted by atomic mass is 32.2. The minimum atomic E-state index is -0.786. The number of hydrogen-bond acceptors (Lipinski definition) is 6. The van der Waals surface area contributed by atoms with Crippen LogP contribution in [-0.2, 0) is 14.3 Å². The van der Waals surface area contributed by atoms with Crippen molar-refractivity contribution < 1.29 is 28.6 Å². The summed E-state index contributed by atoms with van der Waals surface area (Å²) in [5.41, 5.74) is -1.15. The number of ketones is 1. The fourth-order valence-corrected chi connectivity index (χ4v) is 2.69. The lowest BCUT2D eigenvalue weighted by atomic mass is 10.1. The minimum Gasteiger partial charge on any atom is -0.509 e. The van der Waals surface area contributed by atoms with E-state index in [1.807, 2.05) is 0 Å². The molecule has 0 unspecified atom stereocenters. The number of aliphatic hydroxyl groups is 1. The molecule has 0 aromatic heterocycles. The number of ether oxygens (including phenoxy) is 1. The van der Waals surface area contributed by atoms with Gasteiger partial charge in [-0.2, -0.15) is 0 Å². The molecule has 0 spiro atoms. The quantitative estimate of drug-likeness (QED) is 0.616. The molecule has 0 radical (unpaired) electrons. The molecule has 0 aliphatic carbocycles. The first-order chi connectivity index (χ1) is 12.1. The molecule has 26 heavy (non-hydrogen) atoms. The molecule has 7 nitrogen and oxygen atoms in total. The first kappa shape index (κ1) is 19.8. The Morgan fingerprint density at radius 3 is 2.38 bits per heavy atom. The van der Waals surface area contributed by atoms with Crippen LogP contribution >= 0.6 is 11.9 Å². The van der Waals surface area contributed by atoms with E-state index in [9.17, 15) is 23.9 Å². The molecule has 0 saturated carbocycles. The Morgan fingerprint density at radius 2 is 1.85 bits per heavy atom. The third-order valence-corrected chi connectivity index (χ3v) is 3.99. The van der Waals surface area contributed by atoms with E-state index in [-0.39, 0.29) is 13.1 Å². The predicted octanol–water partition coefficient (Wildman–Crippen LogP) is 2.58. The lowest BCUT2D eigenvalue weighted by molar-refractivity contribution is -0.123. The number of carbonyl (C=O) groups is 3. The van der Waals surface area contributed by atoms with Crippen LogP contribution in [0.1, 0.15) is 20.8 Å². The van der Waals surface area contributed by atoms with Crippen molar-refractivity contribution >= 4 is 29.7 Å². The van der Waals surface area contributed by atoms with Gasteiger partial charge in [0.2, 0.25) is 0 Å². The molecule has 1 heterocycles. The second kappa shape index (κ2) is 7.77. The van der Waals surface area contributed by atoms with Crippen LogP contribution in [0.25, 0.3) is 0 Å². The van der Waals surface area contributed by atoms with Crippen molar-refractivity contribution in [1.82, 2.24) is 9.62 Å². The highest BCUT2D eigenvalue weighted by molar-refractivity contribution is 7.98. The zero-order chi connectivity index (χ0) is 19.5. The van der Waals surface area contributed by atoms with Crippen molar-refractivity contribution in [1.29, 1.82) is 0 Å². The zero-order valence-electron chi connectivity index (χ0n) is 14.5. The second-order valence-corrected chi connectivity index (χ2v) is 7.45. The number of amides is 2. The van der Waals surface area contributed by atoms with E-state index in [2.05, 4.69) is 4.72 Å². The predicted molar refractivity (Wildman–Crippen MR) is 92.9 cm³/mol. The minimum absolute atomic E-state index is 0.301. The summed E-state index contributed by atoms with van der Waals surface area (Å²) in [5.74, 6) is -2.41. The molecule has 0 bridgehead atoms. The highest BCUT2D eigenvalue weighted by Gasteiger charge is 2.34. The van der Waals surface area contributed by atoms with Gasteiger partial charge in [0.15, 0.2) is 5.78 Å². The number of hydrogen-bond donors (Lipinski definition) is 2. The van der Waals surface area contributed by atoms with Crippen LogP contribution < -0.4 is 4.72 Å². The number of halogens is 1. The van der Waals surface area contributed by atoms with E-state index < -0.39 is 40.5 Å². The summed E-state index contributed by atoms with van der Waals surface area (Å²) in [6, 6.07) is 5.38. The lowest BCUT2D eigenvalue weighted by Gasteiger charge is -2.29. The number of carbonyl (C=O) groups excluding carboxylic acids is 3. The number of benzene rings is 1. The van der Waals surface area contributed by atoms with Gasteiger partial charge in [0.25, 0.3) is 5.91 Å². The molecule has 2 N–H and O–H groups in total. The lowest BCUT2D eigenvalue weighted by Crippen LogP contribution is -2.46. The molecule has 1 aliphatic rings. The van der Waals surface area contributed by atoms with E-state index in [0.717, 1.165) is 16.8 Å². The molecule has 0 saturated heterocycles. The van der Waals surface area contributed by atoms with Crippen LogP contribution in [-0.4, -0.2) is 46.5 Å². The third-order valence-electron chi connectivity index (χ3n) is 3.20. The van der Waals surface area contributed by atoms with Crippen LogP contribution in [0.15, 0.2) is 40.5 Å². The van der Waals surface area contributed by atoms with E-state index in [0.29, 0.717) is 4.90 Å². The van der Waals surface area contributed by atoms with Crippen molar-refractivity contribution in [3.8, 4) is 0 Å². The Hall–Kier alpha value is -2.55. The largest absolute Gasteiger partial charge is 0.509 e. The monoisotopic (exact) mass is 382 g/mol. The molecular weight excluding hydrogens is 363 g/mol. The summed E-state index contributed by atoms with van der Waals surface area (Å²) in [6.07, 6.45) is -0.752. The first-order valence-corrected chi connectivity index (χ1v) is 8.54. The van der Waals surface area contributed by atoms with Crippen LogP contribution in [0.3, 0.4) is 0 Å². The summed E-state index contributed by atoms with van der Waals surface area (Å²) in [5, 5.41) is 10.1. The third kappa shape index (κ3) is 5.22. The van der Waals surface area contributed by atoms with Gasteiger partial charge in [0, 0.05) is 4.90 Å². The summed E-state index contributed by atoms with van der Waals surface area (Å²) in [6.45, 7) is 4.36. The molecule has 1 aromatic carbocycles. The number of nitrogens with one attached hydrogen (secondary N) is 1. The normalized spacial score (nSPS) is 15.1. The van der Waals surface area contributed by atoms with Gasteiger partial charge >= 0.3 is 6.09 Å². The SMILES string of the molecule is CC(C)(C)OC(=O)N1CC(=O)C(C(=O)NSc2ccc(F)cc2)=C(O)C1. The van der Waals surface area contributed by atoms with Crippen molar-refractivity contribution in [2.75, 3.05) is 13.1 Å². The number of aliphatic hydroxyl groups excluding tert-OH is 1. The smallest absolute Gasteiger partial charge is 0.411 e. The summed E-state index contributed by atoms with van der Waals surface area (Å²) >= 11 is 0.881. The van der Waals surface area contributed by atoms with Gasteiger partial charge in [0.05, 0.1) is 13.1 Å². The standard InChI is InChI=1S/C17H19FN2O5S/c1-17(2,3)25-16(24)20-8-12(21)14(13(22)9-20)15(23)19-26-11-6-4-10(18)5-7-11/h4-7,21H,8-9H2,1-3H3,(H,19,23). The molecule has 0 fully saturated rings. The van der Waals surface area contributed by atoms with Gasteiger partial charge in [-0.25, -0.2) is 9.18 Å². The molecule has 1 aliphatic heterocycles. The van der Waals surface area contributed by atoms with Crippen LogP contribution in [0.4, 0.5) is 9.18 Å². The molecule has 9 heteroatoms. The summed E-state index contributed by atoms with van der Waals surface area (Å²) in [4.78, 5) is 38.0. The fourth-order valence-electron chi connectivity index (χ4n) is 2.10. The van der Waals surface area contributed by atoms with Crippen LogP contribution in [0.5, 0.6) is 0 Å². The summed E-state index contributed by atoms with van der Waals surface area (Å²) in [7, 11) is 0. The average Bonchev–Trinajstić information content (AvgIpc) is 2.52. The van der Waals surface area contributed by atoms with Crippen molar-refractivity contribution in [2.45, 2.75) is 31.3 Å². The number of nitrogens with zero attached hydrogens (tertiary/aromatic N) is 1. The topological polar surface area (TPSA) is 95.9 Å². The van der Waals surface area contributed by atoms with E-state index >= 15 is 0 Å². The summed E-state index contributed by atoms with van der Waals surface area (Å²) < 4.78 is 20.4. The van der Waals surface area contributed by atoms with Crippen LogP contribution in [0.2, 0.25) is 0 Å². The van der Waals surface area contributed by atoms with Gasteiger partial charge in [-0.05, 0) is 57.0 Å². The Kier molecular flexibility index (Phi) is 5.91. The number of rotatable bonds is 3. The Labute approximate surface area is 154 Å². The van der Waals surface area contributed by atoms with Crippen LogP contribution in [0, 0.1) is 5.82 Å². The Balaban J connectivity index is 2.03. The molecule has 140 valence electrons. The van der Waals surface area contributed by atoms with Crippen molar-refractivity contribution in [3.05, 3.63) is 41.4 Å². The maximum atomic E-state index is 12.9. The maximum Gasteiger partial charge on any atom is 0.411 e. The molecule has 2 amide bonds. The van der Waals surface area contributed by atoms with E-state index in [1.54, 1.807) is 20.8 Å². The second-order valence-electron chi connectivity index (χ2n) is 6.57. The average molecular weight is 382 g/mol. The van der Waals surface area contributed by atoms with Crippen molar-refractivity contribution in [3.63, 3.8) is 0 Å². The van der Waals surface area contributed by atoms with Crippen molar-refractivity contribution in [2.24, 2.45) is 0 Å². The molecular formula is C17H19FN2O5S. The van der Waals surface area contributed by atoms with Gasteiger partial charge in [-0.1, -0.05) is 0 Å².